The van der Waals surface area contributed by atoms with Crippen molar-refractivity contribution in [2.75, 3.05) is 24.2 Å². The third-order valence-corrected chi connectivity index (χ3v) is 5.40. The van der Waals surface area contributed by atoms with Gasteiger partial charge in [0.05, 0.1) is 5.69 Å². The Bertz CT molecular complexity index is 566. The van der Waals surface area contributed by atoms with Gasteiger partial charge < -0.3 is 10.6 Å². The largest absolute Gasteiger partial charge is 0.353 e. The number of nitrogens with zero attached hydrogens (tertiary/aromatic N) is 2. The molecule has 0 spiro atoms. The molecule has 2 atom stereocenters. The van der Waals surface area contributed by atoms with E-state index in [1.54, 1.807) is 0 Å². The first kappa shape index (κ1) is 12.0. The van der Waals surface area contributed by atoms with E-state index in [4.69, 9.17) is 5.73 Å². The molecule has 18 heavy (non-hydrogen) atoms. The van der Waals surface area contributed by atoms with Crippen LogP contribution in [0.1, 0.15) is 29.3 Å². The Morgan fingerprint density at radius 1 is 1.44 bits per heavy atom. The Hall–Kier alpha value is -1.08. The molecule has 7 heteroatoms. The quantitative estimate of drug-likeness (QED) is 0.788. The number of rotatable bonds is 2. The first-order valence-corrected chi connectivity index (χ1v) is 8.19. The molecule has 2 heterocycles. The van der Waals surface area contributed by atoms with E-state index >= 15 is 0 Å². The summed E-state index contributed by atoms with van der Waals surface area (Å²) in [5.74, 6) is 0.907. The maximum Gasteiger partial charge on any atom is 0.156 e. The molecular formula is C11H18N4O2S. The highest BCUT2D eigenvalue weighted by atomic mass is 32.2. The van der Waals surface area contributed by atoms with Crippen molar-refractivity contribution in [3.8, 4) is 0 Å². The van der Waals surface area contributed by atoms with Crippen molar-refractivity contribution in [2.45, 2.75) is 30.6 Å². The summed E-state index contributed by atoms with van der Waals surface area (Å²) in [6.45, 7) is 1.71. The van der Waals surface area contributed by atoms with Gasteiger partial charge in [-0.25, -0.2) is 8.42 Å². The van der Waals surface area contributed by atoms with Crippen LogP contribution in [0.25, 0.3) is 0 Å². The number of sulfone groups is 1. The molecule has 0 saturated carbocycles. The molecule has 3 rings (SSSR count). The zero-order valence-corrected chi connectivity index (χ0v) is 11.2. The Kier molecular flexibility index (Phi) is 2.63. The van der Waals surface area contributed by atoms with E-state index in [-0.39, 0.29) is 6.04 Å². The number of H-pyrrole nitrogens is 1. The number of aromatic nitrogens is 2. The molecular weight excluding hydrogens is 252 g/mol. The summed E-state index contributed by atoms with van der Waals surface area (Å²) in [6, 6.07) is 0.199. The predicted octanol–water partition coefficient (Wildman–Crippen LogP) is -0.0210. The third kappa shape index (κ3) is 1.81. The van der Waals surface area contributed by atoms with Gasteiger partial charge in [0.25, 0.3) is 0 Å². The Balaban J connectivity index is 1.93. The minimum Gasteiger partial charge on any atom is -0.353 e. The molecule has 1 aromatic rings. The number of anilines is 1. The van der Waals surface area contributed by atoms with Crippen LogP contribution in [0.4, 0.5) is 5.82 Å². The number of nitrogens with two attached hydrogens (primary N) is 1. The lowest BCUT2D eigenvalue weighted by molar-refractivity contribution is 0.584. The van der Waals surface area contributed by atoms with Crippen molar-refractivity contribution >= 4 is 15.7 Å². The van der Waals surface area contributed by atoms with Gasteiger partial charge in [-0.2, -0.15) is 5.10 Å². The van der Waals surface area contributed by atoms with Crippen LogP contribution in [0.2, 0.25) is 0 Å². The fourth-order valence-electron chi connectivity index (χ4n) is 2.97. The summed E-state index contributed by atoms with van der Waals surface area (Å²) < 4.78 is 23.4. The number of nitrogens with one attached hydrogen (secondary N) is 1. The van der Waals surface area contributed by atoms with E-state index in [1.807, 2.05) is 0 Å². The van der Waals surface area contributed by atoms with Gasteiger partial charge in [0, 0.05) is 31.0 Å². The minimum absolute atomic E-state index is 0.199. The molecule has 3 N–H and O–H groups in total. The summed E-state index contributed by atoms with van der Waals surface area (Å²) in [6.07, 6.45) is 3.70. The molecule has 1 aliphatic carbocycles. The minimum atomic E-state index is -3.05. The second-order valence-corrected chi connectivity index (χ2v) is 7.52. The predicted molar refractivity (Wildman–Crippen MR) is 69.3 cm³/mol. The lowest BCUT2D eigenvalue weighted by atomic mass is 10.2. The molecule has 100 valence electrons. The molecule has 6 nitrogen and oxygen atoms in total. The van der Waals surface area contributed by atoms with Gasteiger partial charge in [-0.1, -0.05) is 0 Å². The molecule has 2 aliphatic rings. The van der Waals surface area contributed by atoms with E-state index in [0.29, 0.717) is 6.42 Å². The van der Waals surface area contributed by atoms with Crippen molar-refractivity contribution in [1.82, 2.24) is 10.2 Å². The van der Waals surface area contributed by atoms with Crippen LogP contribution in [-0.2, 0) is 16.3 Å². The summed E-state index contributed by atoms with van der Waals surface area (Å²) in [4.78, 5) is 2.16. The summed E-state index contributed by atoms with van der Waals surface area (Å²) in [7, 11) is -3.05. The van der Waals surface area contributed by atoms with Gasteiger partial charge >= 0.3 is 0 Å². The molecule has 0 aromatic carbocycles. The second-order valence-electron chi connectivity index (χ2n) is 5.29. The lowest BCUT2D eigenvalue weighted by Gasteiger charge is -2.15. The van der Waals surface area contributed by atoms with Gasteiger partial charge in [0.15, 0.2) is 15.7 Å². The topological polar surface area (TPSA) is 92.1 Å². The zero-order chi connectivity index (χ0) is 12.9. The Morgan fingerprint density at radius 3 is 2.83 bits per heavy atom. The molecule has 1 aromatic heterocycles. The number of hydrogen-bond acceptors (Lipinski definition) is 5. The summed E-state index contributed by atoms with van der Waals surface area (Å²) >= 11 is 0. The number of fused-ring (bicyclic) bond motifs is 1. The molecule has 0 bridgehead atoms. The standard InChI is InChI=1S/C11H18N4O2S/c1-18(16,17)9-3-2-8-10(9)13-14-11(8)15-5-4-7(12)6-15/h7,9H,2-6,12H2,1H3,(H,13,14). The van der Waals surface area contributed by atoms with Crippen molar-refractivity contribution in [3.05, 3.63) is 11.3 Å². The van der Waals surface area contributed by atoms with Gasteiger partial charge in [0.2, 0.25) is 0 Å². The number of aromatic amines is 1. The molecule has 2 unspecified atom stereocenters. The van der Waals surface area contributed by atoms with Crippen LogP contribution >= 0.6 is 0 Å². The highest BCUT2D eigenvalue weighted by Gasteiger charge is 2.36. The van der Waals surface area contributed by atoms with Gasteiger partial charge in [-0.3, -0.25) is 5.10 Å². The van der Waals surface area contributed by atoms with E-state index in [1.165, 1.54) is 6.26 Å². The van der Waals surface area contributed by atoms with Crippen molar-refractivity contribution < 1.29 is 8.42 Å². The van der Waals surface area contributed by atoms with E-state index in [0.717, 1.165) is 43.0 Å². The van der Waals surface area contributed by atoms with Gasteiger partial charge in [-0.15, -0.1) is 0 Å². The first-order valence-electron chi connectivity index (χ1n) is 6.23. The Labute approximate surface area is 106 Å². The molecule has 1 aliphatic heterocycles. The molecule has 1 saturated heterocycles. The average Bonchev–Trinajstić information content (AvgIpc) is 2.89. The van der Waals surface area contributed by atoms with Crippen molar-refractivity contribution in [1.29, 1.82) is 0 Å². The summed E-state index contributed by atoms with van der Waals surface area (Å²) in [5, 5.41) is 6.81. The van der Waals surface area contributed by atoms with Crippen LogP contribution in [0.3, 0.4) is 0 Å². The van der Waals surface area contributed by atoms with Gasteiger partial charge in [-0.05, 0) is 19.3 Å². The van der Waals surface area contributed by atoms with Crippen LogP contribution < -0.4 is 10.6 Å². The lowest BCUT2D eigenvalue weighted by Crippen LogP contribution is -2.27. The van der Waals surface area contributed by atoms with Crippen molar-refractivity contribution in [2.24, 2.45) is 5.73 Å². The van der Waals surface area contributed by atoms with Gasteiger partial charge in [0.1, 0.15) is 5.25 Å². The molecule has 0 radical (unpaired) electrons. The van der Waals surface area contributed by atoms with Crippen LogP contribution in [0.5, 0.6) is 0 Å². The van der Waals surface area contributed by atoms with Crippen LogP contribution in [0, 0.1) is 0 Å². The second kappa shape index (κ2) is 3.96. The smallest absolute Gasteiger partial charge is 0.156 e. The fourth-order valence-corrected chi connectivity index (χ4v) is 4.14. The van der Waals surface area contributed by atoms with E-state index in [9.17, 15) is 8.42 Å². The highest BCUT2D eigenvalue weighted by molar-refractivity contribution is 7.90. The zero-order valence-electron chi connectivity index (χ0n) is 10.4. The molecule has 0 amide bonds. The average molecular weight is 270 g/mol. The van der Waals surface area contributed by atoms with Crippen LogP contribution in [-0.4, -0.2) is 44.0 Å². The normalized spacial score (nSPS) is 27.8. The summed E-state index contributed by atoms with van der Waals surface area (Å²) in [5.41, 5.74) is 7.75. The number of hydrogen-bond donors (Lipinski definition) is 2. The Morgan fingerprint density at radius 2 is 2.22 bits per heavy atom. The van der Waals surface area contributed by atoms with E-state index < -0.39 is 15.1 Å². The monoisotopic (exact) mass is 270 g/mol. The maximum atomic E-state index is 11.7. The maximum absolute atomic E-state index is 11.7. The van der Waals surface area contributed by atoms with Crippen LogP contribution in [0.15, 0.2) is 0 Å². The first-order chi connectivity index (χ1) is 8.47. The third-order valence-electron chi connectivity index (χ3n) is 3.90. The highest BCUT2D eigenvalue weighted by Crippen LogP contribution is 2.40. The molecule has 1 fully saturated rings. The van der Waals surface area contributed by atoms with Crippen molar-refractivity contribution in [3.63, 3.8) is 0 Å². The SMILES string of the molecule is CS(=O)(=O)C1CCc2c(N3CCC(N)C3)n[nH]c21. The van der Waals surface area contributed by atoms with E-state index in [2.05, 4.69) is 15.1 Å². The fraction of sp³-hybridized carbons (Fsp3) is 0.727.